The molecule has 0 bridgehead atoms. The number of hydrogen-bond donors (Lipinski definition) is 2. The Kier molecular flexibility index (Phi) is 10.8. The van der Waals surface area contributed by atoms with Gasteiger partial charge in [0.25, 0.3) is 0 Å². The maximum absolute atomic E-state index is 13.2. The van der Waals surface area contributed by atoms with Crippen LogP contribution in [-0.2, 0) is 11.0 Å². The van der Waals surface area contributed by atoms with Crippen LogP contribution in [0, 0.1) is 0 Å². The monoisotopic (exact) mass is 582 g/mol. The second kappa shape index (κ2) is 14.2. The third-order valence-electron chi connectivity index (χ3n) is 6.44. The van der Waals surface area contributed by atoms with E-state index >= 15 is 0 Å². The molecule has 42 heavy (non-hydrogen) atoms. The molecule has 0 atom stereocenters. The van der Waals surface area contributed by atoms with Crippen LogP contribution in [0.5, 0.6) is 11.5 Å². The van der Waals surface area contributed by atoms with Crippen molar-refractivity contribution < 1.29 is 37.7 Å². The maximum Gasteiger partial charge on any atom is 0.416 e. The number of alkyl halides is 3. The van der Waals surface area contributed by atoms with E-state index in [-0.39, 0.29) is 31.4 Å². The largest absolute Gasteiger partial charge is 0.508 e. The van der Waals surface area contributed by atoms with Gasteiger partial charge in [0, 0.05) is 26.7 Å². The highest BCUT2D eigenvalue weighted by atomic mass is 19.4. The van der Waals surface area contributed by atoms with Gasteiger partial charge in [-0.3, -0.25) is 4.79 Å². The van der Waals surface area contributed by atoms with Crippen LogP contribution in [-0.4, -0.2) is 65.8 Å². The van der Waals surface area contributed by atoms with Crippen LogP contribution in [0.2, 0.25) is 0 Å². The van der Waals surface area contributed by atoms with Crippen LogP contribution in [0.25, 0.3) is 11.1 Å². The molecule has 0 aromatic heterocycles. The molecule has 0 fully saturated rings. The Labute approximate surface area is 242 Å². The fourth-order valence-corrected chi connectivity index (χ4v) is 4.22. The summed E-state index contributed by atoms with van der Waals surface area (Å²) in [6, 6.07) is 18.7. The number of likely N-dealkylation sites (N-methyl/N-ethyl adjacent to an activating group) is 1. The summed E-state index contributed by atoms with van der Waals surface area (Å²) in [7, 11) is 3.20. The number of hydrogen-bond acceptors (Lipinski definition) is 4. The Hall–Kier alpha value is -4.73. The fourth-order valence-electron chi connectivity index (χ4n) is 4.22. The Balaban J connectivity index is 1.83. The van der Waals surface area contributed by atoms with Crippen molar-refractivity contribution in [2.24, 2.45) is 0 Å². The zero-order valence-corrected chi connectivity index (χ0v) is 23.6. The minimum Gasteiger partial charge on any atom is -0.508 e. The molecule has 0 saturated heterocycles. The molecule has 3 aromatic carbocycles. The van der Waals surface area contributed by atoms with Gasteiger partial charge in [0.05, 0.1) is 12.1 Å². The molecule has 3 rings (SSSR count). The van der Waals surface area contributed by atoms with Crippen LogP contribution in [0.4, 0.5) is 18.0 Å². The van der Waals surface area contributed by atoms with Crippen molar-refractivity contribution in [3.63, 3.8) is 0 Å². The van der Waals surface area contributed by atoms with E-state index < -0.39 is 17.8 Å². The van der Waals surface area contributed by atoms with E-state index in [1.54, 1.807) is 50.5 Å². The predicted molar refractivity (Wildman–Crippen MR) is 155 cm³/mol. The molecule has 7 nitrogen and oxygen atoms in total. The van der Waals surface area contributed by atoms with E-state index in [2.05, 4.69) is 0 Å². The van der Waals surface area contributed by atoms with Gasteiger partial charge in [-0.05, 0) is 70.7 Å². The summed E-state index contributed by atoms with van der Waals surface area (Å²) < 4.78 is 45.2. The van der Waals surface area contributed by atoms with Crippen LogP contribution < -0.4 is 4.74 Å². The van der Waals surface area contributed by atoms with Crippen molar-refractivity contribution in [1.29, 1.82) is 0 Å². The molecular formula is C32H33F3N2O5. The molecule has 0 heterocycles. The zero-order chi connectivity index (χ0) is 30.9. The number of benzene rings is 3. The number of phenols is 1. The molecule has 0 aliphatic rings. The predicted octanol–water partition coefficient (Wildman–Crippen LogP) is 6.78. The Morgan fingerprint density at radius 2 is 1.43 bits per heavy atom. The second-order valence-corrected chi connectivity index (χ2v) is 9.57. The van der Waals surface area contributed by atoms with Crippen LogP contribution in [0.15, 0.2) is 84.9 Å². The van der Waals surface area contributed by atoms with Crippen LogP contribution in [0.1, 0.15) is 35.6 Å². The summed E-state index contributed by atoms with van der Waals surface area (Å²) in [4.78, 5) is 25.7. The van der Waals surface area contributed by atoms with Gasteiger partial charge in [-0.1, -0.05) is 49.4 Å². The lowest BCUT2D eigenvalue weighted by Crippen LogP contribution is -2.33. The van der Waals surface area contributed by atoms with E-state index in [4.69, 9.17) is 4.74 Å². The molecule has 10 heteroatoms. The number of carboxylic acid groups (broad SMARTS) is 1. The van der Waals surface area contributed by atoms with Gasteiger partial charge >= 0.3 is 12.3 Å². The lowest BCUT2D eigenvalue weighted by Gasteiger charge is -2.19. The molecule has 222 valence electrons. The minimum absolute atomic E-state index is 0.0295. The fraction of sp³-hybridized carbons (Fsp3) is 0.250. The number of carbonyl (C=O) groups excluding carboxylic acids is 1. The van der Waals surface area contributed by atoms with Gasteiger partial charge in [0.2, 0.25) is 5.91 Å². The van der Waals surface area contributed by atoms with Crippen molar-refractivity contribution in [3.05, 3.63) is 107 Å². The molecule has 0 saturated carbocycles. The molecule has 0 aliphatic carbocycles. The first-order valence-electron chi connectivity index (χ1n) is 13.2. The molecule has 0 unspecified atom stereocenters. The summed E-state index contributed by atoms with van der Waals surface area (Å²) in [6.45, 7) is 2.10. The first-order chi connectivity index (χ1) is 19.9. The van der Waals surface area contributed by atoms with E-state index in [1.165, 1.54) is 29.2 Å². The Bertz CT molecular complexity index is 1410. The van der Waals surface area contributed by atoms with E-state index in [9.17, 15) is 33.0 Å². The van der Waals surface area contributed by atoms with Crippen molar-refractivity contribution in [3.8, 4) is 11.5 Å². The number of halogens is 3. The Morgan fingerprint density at radius 1 is 0.881 bits per heavy atom. The number of aromatic hydroxyl groups is 1. The van der Waals surface area contributed by atoms with Crippen molar-refractivity contribution >= 4 is 23.1 Å². The standard InChI is InChI=1S/C32H33F3N2O5/c1-4-28(22-7-13-25(14-8-22)32(33,34)35)30(23-9-15-26(38)16-10-23)24-11-17-27(18-12-24)42-21-20-37(31(40)41)19-5-6-29(39)36(2)3/h5-18,38H,4,19-21H2,1-3H3,(H,40,41). The first-order valence-corrected chi connectivity index (χ1v) is 13.2. The van der Waals surface area contributed by atoms with Gasteiger partial charge in [-0.2, -0.15) is 13.2 Å². The van der Waals surface area contributed by atoms with Crippen LogP contribution in [0.3, 0.4) is 0 Å². The average Bonchev–Trinajstić information content (AvgIpc) is 2.95. The summed E-state index contributed by atoms with van der Waals surface area (Å²) >= 11 is 0. The average molecular weight is 583 g/mol. The molecule has 0 spiro atoms. The second-order valence-electron chi connectivity index (χ2n) is 9.57. The topological polar surface area (TPSA) is 90.3 Å². The first kappa shape index (κ1) is 31.8. The summed E-state index contributed by atoms with van der Waals surface area (Å²) in [6.07, 6.45) is -2.27. The zero-order valence-electron chi connectivity index (χ0n) is 23.6. The molecule has 2 N–H and O–H groups in total. The maximum atomic E-state index is 13.2. The Morgan fingerprint density at radius 3 is 1.93 bits per heavy atom. The van der Waals surface area contributed by atoms with Gasteiger partial charge in [-0.25, -0.2) is 4.79 Å². The SMILES string of the molecule is CCC(=C(c1ccc(O)cc1)c1ccc(OCCN(CC=CC(=O)N(C)C)C(=O)O)cc1)c1ccc(C(F)(F)F)cc1. The number of ether oxygens (including phenoxy) is 1. The highest BCUT2D eigenvalue weighted by Crippen LogP contribution is 2.37. The minimum atomic E-state index is -4.44. The molecular weight excluding hydrogens is 549 g/mol. The molecule has 3 aromatic rings. The number of allylic oxidation sites excluding steroid dienone is 1. The van der Waals surface area contributed by atoms with Gasteiger partial charge in [0.15, 0.2) is 0 Å². The smallest absolute Gasteiger partial charge is 0.416 e. The number of phenolic OH excluding ortho intramolecular Hbond substituents is 1. The number of rotatable bonds is 11. The van der Waals surface area contributed by atoms with E-state index in [0.29, 0.717) is 17.7 Å². The number of amides is 2. The highest BCUT2D eigenvalue weighted by Gasteiger charge is 2.30. The van der Waals surface area contributed by atoms with Gasteiger partial charge in [-0.15, -0.1) is 0 Å². The summed E-state index contributed by atoms with van der Waals surface area (Å²) in [5.41, 5.74) is 3.09. The van der Waals surface area contributed by atoms with Crippen molar-refractivity contribution in [2.45, 2.75) is 19.5 Å². The third kappa shape index (κ3) is 8.63. The van der Waals surface area contributed by atoms with E-state index in [0.717, 1.165) is 39.3 Å². The van der Waals surface area contributed by atoms with Crippen LogP contribution >= 0.6 is 0 Å². The summed E-state index contributed by atoms with van der Waals surface area (Å²) in [5, 5.41) is 19.3. The van der Waals surface area contributed by atoms with Crippen molar-refractivity contribution in [2.75, 3.05) is 33.8 Å². The van der Waals surface area contributed by atoms with E-state index in [1.807, 2.05) is 19.1 Å². The molecule has 0 radical (unpaired) electrons. The third-order valence-corrected chi connectivity index (χ3v) is 6.44. The quantitative estimate of drug-likeness (QED) is 0.192. The molecule has 2 amide bonds. The highest BCUT2D eigenvalue weighted by molar-refractivity contribution is 5.98. The lowest BCUT2D eigenvalue weighted by atomic mass is 9.88. The number of carbonyl (C=O) groups is 2. The van der Waals surface area contributed by atoms with Gasteiger partial charge in [0.1, 0.15) is 18.1 Å². The summed E-state index contributed by atoms with van der Waals surface area (Å²) in [5.74, 6) is 0.339. The molecule has 0 aliphatic heterocycles. The normalized spacial score (nSPS) is 12.1. The number of nitrogens with zero attached hydrogens (tertiary/aromatic N) is 2. The lowest BCUT2D eigenvalue weighted by molar-refractivity contribution is -0.137. The van der Waals surface area contributed by atoms with Crippen molar-refractivity contribution in [1.82, 2.24) is 9.80 Å². The van der Waals surface area contributed by atoms with Gasteiger partial charge < -0.3 is 24.7 Å².